The lowest BCUT2D eigenvalue weighted by Crippen LogP contribution is -2.41. The Morgan fingerprint density at radius 3 is 1.80 bits per heavy atom. The van der Waals surface area contributed by atoms with Crippen LogP contribution in [0.25, 0.3) is 27.5 Å². The van der Waals surface area contributed by atoms with Gasteiger partial charge in [0.15, 0.2) is 6.29 Å². The van der Waals surface area contributed by atoms with Crippen molar-refractivity contribution in [3.8, 4) is 11.4 Å². The van der Waals surface area contributed by atoms with E-state index in [1.807, 2.05) is 0 Å². The van der Waals surface area contributed by atoms with E-state index in [1.165, 1.54) is 21.9 Å². The first kappa shape index (κ1) is 31.2. The lowest BCUT2D eigenvalue weighted by molar-refractivity contribution is -0.105. The molecule has 1 atom stereocenters. The van der Waals surface area contributed by atoms with Gasteiger partial charge in [-0.15, -0.1) is 0 Å². The molecule has 1 unspecified atom stereocenters. The fraction of sp³-hybridized carbons (Fsp3) is 0.526. The maximum atomic E-state index is 6.90. The first-order chi connectivity index (χ1) is 20.5. The van der Waals surface area contributed by atoms with Crippen LogP contribution in [0.15, 0.2) is 48.5 Å². The van der Waals surface area contributed by atoms with Crippen LogP contribution in [0.1, 0.15) is 105 Å². The van der Waals surface area contributed by atoms with Gasteiger partial charge in [0.05, 0.1) is 34.5 Å². The third kappa shape index (κ3) is 5.48. The van der Waals surface area contributed by atoms with Crippen molar-refractivity contribution in [1.82, 2.24) is 4.57 Å². The molecule has 0 saturated carbocycles. The van der Waals surface area contributed by atoms with Gasteiger partial charge in [-0.1, -0.05) is 59.7 Å². The fourth-order valence-corrected chi connectivity index (χ4v) is 6.37. The predicted octanol–water partition coefficient (Wildman–Crippen LogP) is 8.89. The number of ether oxygens (including phenoxy) is 2. The summed E-state index contributed by atoms with van der Waals surface area (Å²) in [6.45, 7) is 24.9. The van der Waals surface area contributed by atoms with Crippen molar-refractivity contribution in [3.05, 3.63) is 65.2 Å². The van der Waals surface area contributed by atoms with Gasteiger partial charge in [-0.2, -0.15) is 0 Å². The first-order valence-corrected chi connectivity index (χ1v) is 16.3. The highest BCUT2D eigenvalue weighted by Gasteiger charge is 2.53. The number of fused-ring (bicyclic) bond motifs is 3. The molecule has 6 heteroatoms. The van der Waals surface area contributed by atoms with Gasteiger partial charge in [0.2, 0.25) is 0 Å². The lowest BCUT2D eigenvalue weighted by Gasteiger charge is -2.32. The lowest BCUT2D eigenvalue weighted by atomic mass is 9.77. The molecule has 2 aliphatic rings. The second-order valence-corrected chi connectivity index (χ2v) is 16.0. The molecule has 1 aromatic heterocycles. The van der Waals surface area contributed by atoms with Crippen LogP contribution in [-0.4, -0.2) is 35.8 Å². The summed E-state index contributed by atoms with van der Waals surface area (Å²) in [7, 11) is -0.565. The van der Waals surface area contributed by atoms with E-state index < -0.39 is 18.3 Å². The Hall–Kier alpha value is -2.80. The van der Waals surface area contributed by atoms with E-state index in [4.69, 9.17) is 18.8 Å². The minimum absolute atomic E-state index is 0.0319. The smallest absolute Gasteiger partial charge is 0.463 e. The van der Waals surface area contributed by atoms with E-state index in [1.54, 1.807) is 0 Å². The molecule has 6 rings (SSSR count). The highest BCUT2D eigenvalue weighted by atomic mass is 16.7. The highest BCUT2D eigenvalue weighted by Crippen LogP contribution is 2.42. The van der Waals surface area contributed by atoms with Crippen LogP contribution < -0.4 is 10.2 Å². The van der Waals surface area contributed by atoms with Crippen molar-refractivity contribution in [2.75, 3.05) is 6.61 Å². The molecule has 0 radical (unpaired) electrons. The molecule has 5 nitrogen and oxygen atoms in total. The summed E-state index contributed by atoms with van der Waals surface area (Å²) in [4.78, 5) is 0. The normalized spacial score (nSPS) is 20.5. The number of hydrogen-bond acceptors (Lipinski definition) is 4. The summed E-state index contributed by atoms with van der Waals surface area (Å²) in [6, 6.07) is 18.3. The van der Waals surface area contributed by atoms with Crippen molar-refractivity contribution in [1.29, 1.82) is 0 Å². The Labute approximate surface area is 264 Å². The van der Waals surface area contributed by atoms with Crippen molar-refractivity contribution in [2.24, 2.45) is 0 Å². The molecular weight excluding hydrogens is 545 g/mol. The Morgan fingerprint density at radius 1 is 0.773 bits per heavy atom. The average Bonchev–Trinajstić information content (AvgIpc) is 3.37. The molecular formula is C38H50BNO4. The molecule has 2 aliphatic heterocycles. The first-order valence-electron chi connectivity index (χ1n) is 16.3. The zero-order valence-electron chi connectivity index (χ0n) is 28.7. The largest absolute Gasteiger partial charge is 0.498 e. The molecule has 0 N–H and O–H groups in total. The molecule has 2 fully saturated rings. The Balaban J connectivity index is 1.65. The summed E-state index contributed by atoms with van der Waals surface area (Å²) in [6.07, 6.45) is 2.68. The van der Waals surface area contributed by atoms with Gasteiger partial charge < -0.3 is 23.3 Å². The summed E-state index contributed by atoms with van der Waals surface area (Å²) < 4.78 is 28.7. The second-order valence-electron chi connectivity index (χ2n) is 16.0. The maximum absolute atomic E-state index is 6.90. The number of benzene rings is 3. The SMILES string of the molecule is Cc1cc(B2OC(C)(C)C(C)(C)O2)c(OC2CCCCO2)c(-n2c3ccc(C(C)(C)C)cc3c3cc(C(C)(C)C)ccc32)c1. The number of hydrogen-bond donors (Lipinski definition) is 0. The van der Waals surface area contributed by atoms with E-state index in [0.29, 0.717) is 6.61 Å². The van der Waals surface area contributed by atoms with Crippen LogP contribution in [0.3, 0.4) is 0 Å². The molecule has 0 bridgehead atoms. The molecule has 3 heterocycles. The standard InChI is InChI=1S/C38H50BNO4/c1-24-20-29(39-43-37(8,9)38(10,11)44-39)34(42-33-14-12-13-19-41-33)32(21-24)40-30-17-15-25(35(2,3)4)22-27(30)28-23-26(36(5,6)7)16-18-31(28)40/h15-18,20-23,33H,12-14,19H2,1-11H3. The Kier molecular flexibility index (Phi) is 7.55. The predicted molar refractivity (Wildman–Crippen MR) is 183 cm³/mol. The van der Waals surface area contributed by atoms with Gasteiger partial charge >= 0.3 is 7.12 Å². The molecule has 2 saturated heterocycles. The van der Waals surface area contributed by atoms with Gasteiger partial charge in [0.1, 0.15) is 5.75 Å². The minimum atomic E-state index is -0.565. The quantitative estimate of drug-likeness (QED) is 0.221. The van der Waals surface area contributed by atoms with Crippen molar-refractivity contribution < 1.29 is 18.8 Å². The number of aromatic nitrogens is 1. The molecule has 0 spiro atoms. The minimum Gasteiger partial charge on any atom is -0.463 e. The van der Waals surface area contributed by atoms with Crippen LogP contribution in [0.2, 0.25) is 0 Å². The van der Waals surface area contributed by atoms with Crippen LogP contribution in [0.5, 0.6) is 5.75 Å². The van der Waals surface area contributed by atoms with Crippen LogP contribution in [0.4, 0.5) is 0 Å². The maximum Gasteiger partial charge on any atom is 0.498 e. The van der Waals surface area contributed by atoms with Crippen molar-refractivity contribution >= 4 is 34.4 Å². The van der Waals surface area contributed by atoms with Crippen molar-refractivity contribution in [2.45, 2.75) is 124 Å². The summed E-state index contributed by atoms with van der Waals surface area (Å²) in [5.41, 5.74) is 7.07. The van der Waals surface area contributed by atoms with E-state index in [2.05, 4.69) is 129 Å². The van der Waals surface area contributed by atoms with Crippen molar-refractivity contribution in [3.63, 3.8) is 0 Å². The zero-order valence-corrected chi connectivity index (χ0v) is 28.7. The zero-order chi connectivity index (χ0) is 31.8. The molecule has 44 heavy (non-hydrogen) atoms. The Bertz CT molecular complexity index is 1630. The molecule has 3 aromatic carbocycles. The van der Waals surface area contributed by atoms with E-state index in [9.17, 15) is 0 Å². The molecule has 0 amide bonds. The van der Waals surface area contributed by atoms with Crippen LogP contribution in [-0.2, 0) is 24.9 Å². The summed E-state index contributed by atoms with van der Waals surface area (Å²) in [5.74, 6) is 0.764. The van der Waals surface area contributed by atoms with Gasteiger partial charge in [-0.3, -0.25) is 0 Å². The van der Waals surface area contributed by atoms with E-state index in [0.717, 1.165) is 52.8 Å². The van der Waals surface area contributed by atoms with E-state index >= 15 is 0 Å². The third-order valence-corrected chi connectivity index (χ3v) is 9.87. The number of nitrogens with zero attached hydrogens (tertiary/aromatic N) is 1. The average molecular weight is 596 g/mol. The second kappa shape index (κ2) is 10.6. The third-order valence-electron chi connectivity index (χ3n) is 9.87. The number of rotatable bonds is 4. The summed E-state index contributed by atoms with van der Waals surface area (Å²) >= 11 is 0. The fourth-order valence-electron chi connectivity index (χ4n) is 6.37. The highest BCUT2D eigenvalue weighted by molar-refractivity contribution is 6.63. The van der Waals surface area contributed by atoms with Crippen LogP contribution >= 0.6 is 0 Å². The monoisotopic (exact) mass is 595 g/mol. The topological polar surface area (TPSA) is 41.9 Å². The Morgan fingerprint density at radius 2 is 1.32 bits per heavy atom. The van der Waals surface area contributed by atoms with Gasteiger partial charge in [0, 0.05) is 22.7 Å². The van der Waals surface area contributed by atoms with Gasteiger partial charge in [-0.25, -0.2) is 0 Å². The van der Waals surface area contributed by atoms with Gasteiger partial charge in [-0.05, 0) is 105 Å². The van der Waals surface area contributed by atoms with Gasteiger partial charge in [0.25, 0.3) is 0 Å². The molecule has 0 aliphatic carbocycles. The summed E-state index contributed by atoms with van der Waals surface area (Å²) in [5, 5.41) is 2.49. The van der Waals surface area contributed by atoms with E-state index in [-0.39, 0.29) is 17.1 Å². The molecule has 234 valence electrons. The van der Waals surface area contributed by atoms with Crippen LogP contribution in [0, 0.1) is 6.92 Å². The number of aryl methyl sites for hydroxylation is 1. The molecule has 4 aromatic rings.